The van der Waals surface area contributed by atoms with Crippen LogP contribution < -0.4 is 10.6 Å². The zero-order chi connectivity index (χ0) is 20.9. The molecule has 0 bridgehead atoms. The maximum absolute atomic E-state index is 12.7. The molecular weight excluding hydrogens is 385 g/mol. The lowest BCUT2D eigenvalue weighted by Crippen LogP contribution is -2.49. The molecule has 0 aliphatic carbocycles. The molecule has 2 N–H and O–H groups in total. The van der Waals surface area contributed by atoms with Gasteiger partial charge in [0, 0.05) is 51.8 Å². The zero-order valence-electron chi connectivity index (χ0n) is 16.4. The third kappa shape index (κ3) is 5.36. The molecule has 1 aliphatic rings. The summed E-state index contributed by atoms with van der Waals surface area (Å²) in [5.41, 5.74) is -0.966. The minimum absolute atomic E-state index is 0.0522. The van der Waals surface area contributed by atoms with Crippen LogP contribution in [0.5, 0.6) is 0 Å². The van der Waals surface area contributed by atoms with Crippen LogP contribution in [0.2, 0.25) is 0 Å². The Kier molecular flexibility index (Phi) is 6.55. The number of halogens is 3. The lowest BCUT2D eigenvalue weighted by atomic mass is 9.93. The number of hydrogen-bond donors (Lipinski definition) is 2. The van der Waals surface area contributed by atoms with Crippen molar-refractivity contribution in [2.75, 3.05) is 38.5 Å². The van der Waals surface area contributed by atoms with E-state index < -0.39 is 11.9 Å². The van der Waals surface area contributed by atoms with Gasteiger partial charge in [0.25, 0.3) is 0 Å². The van der Waals surface area contributed by atoms with Gasteiger partial charge in [-0.1, -0.05) is 6.92 Å². The number of anilines is 1. The molecule has 2 unspecified atom stereocenters. The SMILES string of the molecule is CN=C(NCCNc1nccc(C(F)(F)F)n1)N1CCC(C)C(n2ccnc2)C1. The molecule has 158 valence electrons. The van der Waals surface area contributed by atoms with Gasteiger partial charge in [-0.05, 0) is 18.4 Å². The van der Waals surface area contributed by atoms with E-state index in [0.29, 0.717) is 25.0 Å². The molecule has 3 heterocycles. The summed E-state index contributed by atoms with van der Waals surface area (Å²) in [6.07, 6.45) is 3.21. The molecule has 29 heavy (non-hydrogen) atoms. The first-order valence-electron chi connectivity index (χ1n) is 9.45. The van der Waals surface area contributed by atoms with Gasteiger partial charge in [-0.3, -0.25) is 4.99 Å². The highest BCUT2D eigenvalue weighted by Gasteiger charge is 2.32. The maximum Gasteiger partial charge on any atom is 0.433 e. The lowest BCUT2D eigenvalue weighted by Gasteiger charge is -2.39. The normalized spacial score (nSPS) is 20.6. The van der Waals surface area contributed by atoms with Crippen molar-refractivity contribution in [3.63, 3.8) is 0 Å². The number of nitrogens with zero attached hydrogens (tertiary/aromatic N) is 6. The molecule has 0 aromatic carbocycles. The van der Waals surface area contributed by atoms with Crippen LogP contribution >= 0.6 is 0 Å². The van der Waals surface area contributed by atoms with E-state index in [4.69, 9.17) is 0 Å². The molecule has 1 fully saturated rings. The van der Waals surface area contributed by atoms with Crippen molar-refractivity contribution in [2.45, 2.75) is 25.6 Å². The first-order valence-corrected chi connectivity index (χ1v) is 9.45. The van der Waals surface area contributed by atoms with Crippen molar-refractivity contribution in [3.8, 4) is 0 Å². The van der Waals surface area contributed by atoms with Crippen LogP contribution in [0.25, 0.3) is 0 Å². The summed E-state index contributed by atoms with van der Waals surface area (Å²) in [7, 11) is 1.72. The molecule has 3 rings (SSSR count). The van der Waals surface area contributed by atoms with Crippen molar-refractivity contribution in [2.24, 2.45) is 10.9 Å². The molecule has 2 aromatic heterocycles. The Hall–Kier alpha value is -2.85. The fourth-order valence-corrected chi connectivity index (χ4v) is 3.38. The smallest absolute Gasteiger partial charge is 0.354 e. The van der Waals surface area contributed by atoms with Gasteiger partial charge in [-0.15, -0.1) is 0 Å². The summed E-state index contributed by atoms with van der Waals surface area (Å²) in [6.45, 7) is 4.75. The molecule has 0 saturated carbocycles. The summed E-state index contributed by atoms with van der Waals surface area (Å²) in [6, 6.07) is 1.15. The van der Waals surface area contributed by atoms with Crippen LogP contribution in [0.4, 0.5) is 19.1 Å². The van der Waals surface area contributed by atoms with Gasteiger partial charge < -0.3 is 20.1 Å². The number of likely N-dealkylation sites (tertiary alicyclic amines) is 1. The monoisotopic (exact) mass is 410 g/mol. The summed E-state index contributed by atoms with van der Waals surface area (Å²) >= 11 is 0. The van der Waals surface area contributed by atoms with Gasteiger partial charge >= 0.3 is 6.18 Å². The topological polar surface area (TPSA) is 83.3 Å². The molecule has 0 amide bonds. The first-order chi connectivity index (χ1) is 13.9. The summed E-state index contributed by atoms with van der Waals surface area (Å²) in [5.74, 6) is 1.23. The van der Waals surface area contributed by atoms with Gasteiger partial charge in [0.05, 0.1) is 12.4 Å². The minimum atomic E-state index is -4.49. The van der Waals surface area contributed by atoms with Gasteiger partial charge in [-0.2, -0.15) is 13.2 Å². The Balaban J connectivity index is 1.51. The average molecular weight is 410 g/mol. The number of aromatic nitrogens is 4. The predicted octanol–water partition coefficient (Wildman–Crippen LogP) is 2.26. The van der Waals surface area contributed by atoms with Crippen LogP contribution in [0.1, 0.15) is 25.1 Å². The third-order valence-electron chi connectivity index (χ3n) is 4.98. The number of alkyl halides is 3. The first kappa shape index (κ1) is 20.9. The minimum Gasteiger partial charge on any atom is -0.354 e. The molecule has 1 saturated heterocycles. The molecular formula is C18H25F3N8. The Labute approximate surface area is 167 Å². The Bertz CT molecular complexity index is 806. The van der Waals surface area contributed by atoms with E-state index in [9.17, 15) is 13.2 Å². The molecule has 1 aliphatic heterocycles. The van der Waals surface area contributed by atoms with Crippen molar-refractivity contribution >= 4 is 11.9 Å². The van der Waals surface area contributed by atoms with Crippen LogP contribution in [0.3, 0.4) is 0 Å². The molecule has 0 radical (unpaired) electrons. The number of piperidine rings is 1. The van der Waals surface area contributed by atoms with E-state index in [2.05, 4.69) is 47.0 Å². The number of guanidine groups is 1. The third-order valence-corrected chi connectivity index (χ3v) is 4.98. The van der Waals surface area contributed by atoms with Gasteiger partial charge in [-0.25, -0.2) is 15.0 Å². The van der Waals surface area contributed by atoms with E-state index in [0.717, 1.165) is 37.7 Å². The van der Waals surface area contributed by atoms with Crippen LogP contribution in [0, 0.1) is 5.92 Å². The van der Waals surface area contributed by atoms with E-state index in [1.807, 2.05) is 12.5 Å². The summed E-state index contributed by atoms with van der Waals surface area (Å²) < 4.78 is 40.3. The number of rotatable bonds is 5. The second kappa shape index (κ2) is 9.10. The Morgan fingerprint density at radius 2 is 2.14 bits per heavy atom. The van der Waals surface area contributed by atoms with Crippen molar-refractivity contribution in [1.29, 1.82) is 0 Å². The fourth-order valence-electron chi connectivity index (χ4n) is 3.38. The molecule has 11 heteroatoms. The van der Waals surface area contributed by atoms with E-state index in [1.54, 1.807) is 13.2 Å². The highest BCUT2D eigenvalue weighted by Crippen LogP contribution is 2.28. The van der Waals surface area contributed by atoms with Crippen LogP contribution in [-0.2, 0) is 6.18 Å². The number of hydrogen-bond acceptors (Lipinski definition) is 5. The molecule has 8 nitrogen and oxygen atoms in total. The van der Waals surface area contributed by atoms with Crippen molar-refractivity contribution in [1.82, 2.24) is 29.7 Å². The highest BCUT2D eigenvalue weighted by atomic mass is 19.4. The van der Waals surface area contributed by atoms with E-state index in [-0.39, 0.29) is 5.95 Å². The van der Waals surface area contributed by atoms with Gasteiger partial charge in [0.1, 0.15) is 5.69 Å². The molecule has 0 spiro atoms. The van der Waals surface area contributed by atoms with Gasteiger partial charge in [0.15, 0.2) is 5.96 Å². The number of aliphatic imine (C=N–C) groups is 1. The predicted molar refractivity (Wildman–Crippen MR) is 104 cm³/mol. The Morgan fingerprint density at radius 3 is 2.83 bits per heavy atom. The maximum atomic E-state index is 12.7. The molecule has 2 atom stereocenters. The molecule has 2 aromatic rings. The quantitative estimate of drug-likeness (QED) is 0.447. The zero-order valence-corrected chi connectivity index (χ0v) is 16.4. The van der Waals surface area contributed by atoms with Gasteiger partial charge in [0.2, 0.25) is 5.95 Å². The number of imidazole rings is 1. The lowest BCUT2D eigenvalue weighted by molar-refractivity contribution is -0.141. The summed E-state index contributed by atoms with van der Waals surface area (Å²) in [4.78, 5) is 18.0. The average Bonchev–Trinajstić information content (AvgIpc) is 3.23. The fraction of sp³-hybridized carbons (Fsp3) is 0.556. The Morgan fingerprint density at radius 1 is 1.31 bits per heavy atom. The van der Waals surface area contributed by atoms with Crippen molar-refractivity contribution in [3.05, 3.63) is 36.7 Å². The van der Waals surface area contributed by atoms with Crippen LogP contribution in [-0.4, -0.2) is 63.6 Å². The second-order valence-electron chi connectivity index (χ2n) is 6.95. The summed E-state index contributed by atoms with van der Waals surface area (Å²) in [5, 5.41) is 6.05. The largest absolute Gasteiger partial charge is 0.433 e. The van der Waals surface area contributed by atoms with Crippen LogP contribution in [0.15, 0.2) is 36.0 Å². The highest BCUT2D eigenvalue weighted by molar-refractivity contribution is 5.80. The standard InChI is InChI=1S/C18H25F3N8/c1-13-4-9-28(11-14(13)29-10-8-23-12-29)17(22-2)26-7-6-25-16-24-5-3-15(27-16)18(19,20)21/h3,5,8,10,12-14H,4,6-7,9,11H2,1-2H3,(H,22,26)(H,24,25,27). The van der Waals surface area contributed by atoms with Crippen molar-refractivity contribution < 1.29 is 13.2 Å². The van der Waals surface area contributed by atoms with E-state index >= 15 is 0 Å². The van der Waals surface area contributed by atoms with E-state index in [1.165, 1.54) is 0 Å². The number of nitrogens with one attached hydrogen (secondary N) is 2. The second-order valence-corrected chi connectivity index (χ2v) is 6.95.